The standard InChI is InChI=1S/C15H16F3N3O4/c1-2-3-11-13(23)21(14(24)20-11)8-12(22)19-9-4-6-10(7-5-9)25-15(16,17)18/h4-7,11H,2-3,8H2,1H3,(H,19,22)(H,20,24)/t11-/m0/s1. The zero-order chi connectivity index (χ0) is 18.6. The van der Waals surface area contributed by atoms with Gasteiger partial charge in [-0.2, -0.15) is 0 Å². The Morgan fingerprint density at radius 3 is 2.48 bits per heavy atom. The van der Waals surface area contributed by atoms with Crippen molar-refractivity contribution in [3.8, 4) is 5.75 Å². The van der Waals surface area contributed by atoms with Crippen LogP contribution in [-0.2, 0) is 9.59 Å². The smallest absolute Gasteiger partial charge is 0.406 e. The van der Waals surface area contributed by atoms with Crippen LogP contribution in [0, 0.1) is 0 Å². The average Bonchev–Trinajstić information content (AvgIpc) is 2.76. The largest absolute Gasteiger partial charge is 0.573 e. The molecule has 2 N–H and O–H groups in total. The van der Waals surface area contributed by atoms with E-state index < -0.39 is 42.5 Å². The molecule has 1 aliphatic heterocycles. The molecule has 1 aromatic rings. The molecule has 1 atom stereocenters. The number of amides is 4. The fourth-order valence-corrected chi connectivity index (χ4v) is 2.30. The van der Waals surface area contributed by atoms with Gasteiger partial charge in [0.2, 0.25) is 5.91 Å². The SMILES string of the molecule is CCC[C@@H]1NC(=O)N(CC(=O)Nc2ccc(OC(F)(F)F)cc2)C1=O. The van der Waals surface area contributed by atoms with Gasteiger partial charge in [-0.05, 0) is 30.7 Å². The number of urea groups is 1. The molecule has 0 aliphatic carbocycles. The van der Waals surface area contributed by atoms with Crippen molar-refractivity contribution < 1.29 is 32.3 Å². The van der Waals surface area contributed by atoms with Gasteiger partial charge >= 0.3 is 12.4 Å². The van der Waals surface area contributed by atoms with E-state index in [0.717, 1.165) is 17.0 Å². The van der Waals surface area contributed by atoms with Crippen molar-refractivity contribution in [2.75, 3.05) is 11.9 Å². The van der Waals surface area contributed by atoms with Gasteiger partial charge < -0.3 is 15.4 Å². The Morgan fingerprint density at radius 2 is 1.92 bits per heavy atom. The number of benzene rings is 1. The summed E-state index contributed by atoms with van der Waals surface area (Å²) in [6, 6.07) is 3.22. The van der Waals surface area contributed by atoms with Gasteiger partial charge in [0.1, 0.15) is 18.3 Å². The summed E-state index contributed by atoms with van der Waals surface area (Å²) in [5, 5.41) is 4.88. The molecule has 1 aliphatic rings. The van der Waals surface area contributed by atoms with Gasteiger partial charge in [-0.1, -0.05) is 13.3 Å². The van der Waals surface area contributed by atoms with E-state index in [9.17, 15) is 27.6 Å². The maximum atomic E-state index is 12.1. The van der Waals surface area contributed by atoms with Crippen LogP contribution in [0.3, 0.4) is 0 Å². The van der Waals surface area contributed by atoms with Gasteiger partial charge in [0.15, 0.2) is 0 Å². The lowest BCUT2D eigenvalue weighted by atomic mass is 10.2. The first-order valence-corrected chi connectivity index (χ1v) is 7.47. The number of ether oxygens (including phenoxy) is 1. The van der Waals surface area contributed by atoms with Crippen LogP contribution in [0.5, 0.6) is 5.75 Å². The second-order valence-corrected chi connectivity index (χ2v) is 5.34. The molecule has 10 heteroatoms. The zero-order valence-corrected chi connectivity index (χ0v) is 13.2. The van der Waals surface area contributed by atoms with E-state index in [1.807, 2.05) is 6.92 Å². The van der Waals surface area contributed by atoms with Crippen molar-refractivity contribution in [3.05, 3.63) is 24.3 Å². The maximum absolute atomic E-state index is 12.1. The molecular weight excluding hydrogens is 343 g/mol. The molecule has 2 rings (SSSR count). The molecular formula is C15H16F3N3O4. The molecule has 0 spiro atoms. The Kier molecular flexibility index (Phi) is 5.50. The normalized spacial score (nSPS) is 17.4. The predicted octanol–water partition coefficient (Wildman–Crippen LogP) is 2.24. The highest BCUT2D eigenvalue weighted by Gasteiger charge is 2.38. The highest BCUT2D eigenvalue weighted by molar-refractivity contribution is 6.07. The topological polar surface area (TPSA) is 87.7 Å². The molecule has 25 heavy (non-hydrogen) atoms. The summed E-state index contributed by atoms with van der Waals surface area (Å²) in [6.07, 6.45) is -3.63. The van der Waals surface area contributed by atoms with Crippen molar-refractivity contribution in [2.45, 2.75) is 32.2 Å². The fraction of sp³-hybridized carbons (Fsp3) is 0.400. The van der Waals surface area contributed by atoms with Crippen molar-refractivity contribution in [2.24, 2.45) is 0 Å². The van der Waals surface area contributed by atoms with Gasteiger partial charge in [0.25, 0.3) is 5.91 Å². The molecule has 0 radical (unpaired) electrons. The summed E-state index contributed by atoms with van der Waals surface area (Å²) in [5.74, 6) is -1.55. The average molecular weight is 359 g/mol. The Labute approximate surface area is 141 Å². The molecule has 1 heterocycles. The number of carbonyl (C=O) groups excluding carboxylic acids is 3. The van der Waals surface area contributed by atoms with Crippen molar-refractivity contribution >= 4 is 23.5 Å². The molecule has 4 amide bonds. The van der Waals surface area contributed by atoms with Crippen LogP contribution in [0.2, 0.25) is 0 Å². The first-order valence-electron chi connectivity index (χ1n) is 7.47. The summed E-state index contributed by atoms with van der Waals surface area (Å²) >= 11 is 0. The molecule has 1 aromatic carbocycles. The van der Waals surface area contributed by atoms with Gasteiger partial charge in [0.05, 0.1) is 0 Å². The number of halogens is 3. The number of nitrogens with zero attached hydrogens (tertiary/aromatic N) is 1. The minimum atomic E-state index is -4.80. The van der Waals surface area contributed by atoms with Crippen LogP contribution < -0.4 is 15.4 Å². The second kappa shape index (κ2) is 7.41. The van der Waals surface area contributed by atoms with E-state index in [-0.39, 0.29) is 5.69 Å². The van der Waals surface area contributed by atoms with Crippen LogP contribution in [0.4, 0.5) is 23.7 Å². The van der Waals surface area contributed by atoms with E-state index in [1.165, 1.54) is 12.1 Å². The van der Waals surface area contributed by atoms with Gasteiger partial charge in [0, 0.05) is 5.69 Å². The molecule has 0 bridgehead atoms. The number of alkyl halides is 3. The third kappa shape index (κ3) is 5.10. The number of rotatable bonds is 6. The first kappa shape index (κ1) is 18.6. The lowest BCUT2D eigenvalue weighted by molar-refractivity contribution is -0.274. The summed E-state index contributed by atoms with van der Waals surface area (Å²) in [6.45, 7) is 1.38. The number of carbonyl (C=O) groups is 3. The van der Waals surface area contributed by atoms with E-state index >= 15 is 0 Å². The highest BCUT2D eigenvalue weighted by Crippen LogP contribution is 2.24. The number of imide groups is 1. The van der Waals surface area contributed by atoms with E-state index in [1.54, 1.807) is 0 Å². The third-order valence-electron chi connectivity index (χ3n) is 3.36. The van der Waals surface area contributed by atoms with Crippen molar-refractivity contribution in [1.29, 1.82) is 0 Å². The summed E-state index contributed by atoms with van der Waals surface area (Å²) in [5.41, 5.74) is 0.205. The van der Waals surface area contributed by atoms with Crippen LogP contribution in [-0.4, -0.2) is 41.7 Å². The summed E-state index contributed by atoms with van der Waals surface area (Å²) in [4.78, 5) is 36.5. The van der Waals surface area contributed by atoms with Gasteiger partial charge in [-0.15, -0.1) is 13.2 Å². The van der Waals surface area contributed by atoms with E-state index in [4.69, 9.17) is 0 Å². The fourth-order valence-electron chi connectivity index (χ4n) is 2.30. The predicted molar refractivity (Wildman–Crippen MR) is 80.7 cm³/mol. The Balaban J connectivity index is 1.92. The van der Waals surface area contributed by atoms with Crippen molar-refractivity contribution in [1.82, 2.24) is 10.2 Å². The lowest BCUT2D eigenvalue weighted by Gasteiger charge is -2.13. The molecule has 0 aromatic heterocycles. The minimum Gasteiger partial charge on any atom is -0.406 e. The monoisotopic (exact) mass is 359 g/mol. The second-order valence-electron chi connectivity index (χ2n) is 5.34. The number of nitrogens with one attached hydrogen (secondary N) is 2. The van der Waals surface area contributed by atoms with Crippen LogP contribution in [0.1, 0.15) is 19.8 Å². The third-order valence-corrected chi connectivity index (χ3v) is 3.36. The number of hydrogen-bond donors (Lipinski definition) is 2. The lowest BCUT2D eigenvalue weighted by Crippen LogP contribution is -2.38. The Bertz CT molecular complexity index is 661. The van der Waals surface area contributed by atoms with Crippen LogP contribution in [0.15, 0.2) is 24.3 Å². The van der Waals surface area contributed by atoms with Gasteiger partial charge in [-0.3, -0.25) is 14.5 Å². The van der Waals surface area contributed by atoms with Gasteiger partial charge in [-0.25, -0.2) is 4.79 Å². The quantitative estimate of drug-likeness (QED) is 0.763. The van der Waals surface area contributed by atoms with Crippen molar-refractivity contribution in [3.63, 3.8) is 0 Å². The molecule has 7 nitrogen and oxygen atoms in total. The summed E-state index contributed by atoms with van der Waals surface area (Å²) in [7, 11) is 0. The Morgan fingerprint density at radius 1 is 1.28 bits per heavy atom. The van der Waals surface area contributed by atoms with E-state index in [2.05, 4.69) is 15.4 Å². The maximum Gasteiger partial charge on any atom is 0.573 e. The molecule has 1 saturated heterocycles. The molecule has 1 fully saturated rings. The minimum absolute atomic E-state index is 0.205. The Hall–Kier alpha value is -2.78. The number of hydrogen-bond acceptors (Lipinski definition) is 4. The zero-order valence-electron chi connectivity index (χ0n) is 13.2. The first-order chi connectivity index (χ1) is 11.7. The van der Waals surface area contributed by atoms with Crippen LogP contribution in [0.25, 0.3) is 0 Å². The highest BCUT2D eigenvalue weighted by atomic mass is 19.4. The summed E-state index contributed by atoms with van der Waals surface area (Å²) < 4.78 is 39.9. The number of anilines is 1. The molecule has 0 saturated carbocycles. The van der Waals surface area contributed by atoms with E-state index in [0.29, 0.717) is 12.8 Å². The molecule has 0 unspecified atom stereocenters. The van der Waals surface area contributed by atoms with Crippen LogP contribution >= 0.6 is 0 Å². The molecule has 136 valence electrons.